The molecule has 1 aliphatic heterocycles. The van der Waals surface area contributed by atoms with E-state index in [0.29, 0.717) is 26.1 Å². The molecule has 114 valence electrons. The van der Waals surface area contributed by atoms with E-state index in [1.807, 2.05) is 29.2 Å². The summed E-state index contributed by atoms with van der Waals surface area (Å²) in [5.74, 6) is 4.52. The minimum Gasteiger partial charge on any atom is -0.320 e. The Morgan fingerprint density at radius 3 is 2.86 bits per heavy atom. The molecule has 0 radical (unpaired) electrons. The van der Waals surface area contributed by atoms with Gasteiger partial charge in [-0.05, 0) is 37.1 Å². The summed E-state index contributed by atoms with van der Waals surface area (Å²) in [6.45, 7) is 1.63. The van der Waals surface area contributed by atoms with Crippen molar-refractivity contribution >= 4 is 0 Å². The Morgan fingerprint density at radius 1 is 1.33 bits per heavy atom. The minimum atomic E-state index is -4.09. The smallest absolute Gasteiger partial charge is 0.320 e. The second-order valence-electron chi connectivity index (χ2n) is 5.32. The molecule has 1 atom stereocenters. The van der Waals surface area contributed by atoms with Crippen molar-refractivity contribution in [3.8, 4) is 11.8 Å². The van der Waals surface area contributed by atoms with Crippen LogP contribution >= 0.6 is 0 Å². The summed E-state index contributed by atoms with van der Waals surface area (Å²) in [7, 11) is 0. The fourth-order valence-electron chi connectivity index (χ4n) is 2.63. The largest absolute Gasteiger partial charge is 0.393 e. The van der Waals surface area contributed by atoms with Gasteiger partial charge in [0.25, 0.3) is 0 Å². The number of piperidine rings is 1. The van der Waals surface area contributed by atoms with Crippen LogP contribution in [0.3, 0.4) is 0 Å². The molecule has 1 heterocycles. The zero-order valence-corrected chi connectivity index (χ0v) is 11.8. The molecule has 1 aliphatic rings. The lowest BCUT2D eigenvalue weighted by Gasteiger charge is -2.33. The molecule has 0 bridgehead atoms. The number of rotatable bonds is 2. The monoisotopic (exact) mass is 296 g/mol. The number of likely N-dealkylation sites (tertiary alicyclic amines) is 1. The summed E-state index contributed by atoms with van der Waals surface area (Å²) >= 11 is 0. The Labute approximate surface area is 123 Å². The quantitative estimate of drug-likeness (QED) is 0.850. The molecule has 1 aromatic carbocycles. The van der Waals surface area contributed by atoms with Crippen molar-refractivity contribution in [3.05, 3.63) is 35.4 Å². The third-order valence-electron chi connectivity index (χ3n) is 3.64. The molecule has 0 saturated carbocycles. The van der Waals surface area contributed by atoms with Gasteiger partial charge in [0.15, 0.2) is 0 Å². The third kappa shape index (κ3) is 4.76. The van der Waals surface area contributed by atoms with E-state index in [-0.39, 0.29) is 13.0 Å². The molecule has 2 rings (SSSR count). The average Bonchev–Trinajstić information content (AvgIpc) is 2.45. The van der Waals surface area contributed by atoms with Crippen LogP contribution in [-0.2, 0) is 6.54 Å². The summed E-state index contributed by atoms with van der Waals surface area (Å²) in [6, 6.07) is 7.59. The fourth-order valence-corrected chi connectivity index (χ4v) is 2.63. The van der Waals surface area contributed by atoms with Crippen molar-refractivity contribution in [3.63, 3.8) is 0 Å². The number of hydrogen-bond donors (Lipinski definition) is 1. The highest BCUT2D eigenvalue weighted by Crippen LogP contribution is 2.33. The predicted molar refractivity (Wildman–Crippen MR) is 76.4 cm³/mol. The summed E-state index contributed by atoms with van der Waals surface area (Å²) in [6.07, 6.45) is -3.26. The van der Waals surface area contributed by atoms with Crippen LogP contribution in [0.25, 0.3) is 0 Å². The number of alkyl halides is 3. The Kier molecular flexibility index (Phi) is 5.27. The van der Waals surface area contributed by atoms with Gasteiger partial charge in [-0.1, -0.05) is 24.0 Å². The predicted octanol–water partition coefficient (Wildman–Crippen LogP) is 2.77. The van der Waals surface area contributed by atoms with Gasteiger partial charge in [-0.2, -0.15) is 13.2 Å². The number of benzene rings is 1. The van der Waals surface area contributed by atoms with E-state index in [2.05, 4.69) is 11.8 Å². The van der Waals surface area contributed by atoms with E-state index in [9.17, 15) is 13.2 Å². The van der Waals surface area contributed by atoms with Gasteiger partial charge >= 0.3 is 6.18 Å². The maximum absolute atomic E-state index is 12.8. The lowest BCUT2D eigenvalue weighted by atomic mass is 9.97. The first-order valence-corrected chi connectivity index (χ1v) is 7.06. The maximum Gasteiger partial charge on any atom is 0.393 e. The molecule has 2 nitrogen and oxygen atoms in total. The van der Waals surface area contributed by atoms with Gasteiger partial charge < -0.3 is 5.73 Å². The van der Waals surface area contributed by atoms with Crippen LogP contribution in [-0.4, -0.2) is 30.7 Å². The molecular formula is C16H19F3N2. The van der Waals surface area contributed by atoms with Crippen LogP contribution in [0.5, 0.6) is 0 Å². The van der Waals surface area contributed by atoms with Crippen LogP contribution in [0, 0.1) is 17.8 Å². The van der Waals surface area contributed by atoms with Crippen LogP contribution in [0.2, 0.25) is 0 Å². The fraction of sp³-hybridized carbons (Fsp3) is 0.500. The first kappa shape index (κ1) is 15.9. The number of halogens is 3. The molecule has 1 fully saturated rings. The van der Waals surface area contributed by atoms with Gasteiger partial charge in [-0.25, -0.2) is 0 Å². The second kappa shape index (κ2) is 6.97. The first-order chi connectivity index (χ1) is 9.99. The lowest BCUT2D eigenvalue weighted by molar-refractivity contribution is -0.187. The molecule has 0 aliphatic carbocycles. The molecule has 21 heavy (non-hydrogen) atoms. The zero-order chi connectivity index (χ0) is 15.3. The van der Waals surface area contributed by atoms with Crippen molar-refractivity contribution in [2.24, 2.45) is 11.7 Å². The Morgan fingerprint density at radius 2 is 2.14 bits per heavy atom. The number of nitrogens with zero attached hydrogens (tertiary/aromatic N) is 1. The molecule has 0 spiro atoms. The van der Waals surface area contributed by atoms with Crippen molar-refractivity contribution in [1.29, 1.82) is 0 Å². The standard InChI is InChI=1S/C16H19F3N2/c17-16(18,19)15-7-3-9-21(12-15)11-14-5-1-4-13(10-14)6-2-8-20/h1,4-5,10,15H,3,7-9,11-12,20H2. The van der Waals surface area contributed by atoms with Gasteiger partial charge in [0.05, 0.1) is 12.5 Å². The van der Waals surface area contributed by atoms with Crippen molar-refractivity contribution in [2.45, 2.75) is 25.6 Å². The highest BCUT2D eigenvalue weighted by molar-refractivity contribution is 5.37. The Hall–Kier alpha value is -1.51. The lowest BCUT2D eigenvalue weighted by Crippen LogP contribution is -2.41. The van der Waals surface area contributed by atoms with E-state index in [1.54, 1.807) is 0 Å². The second-order valence-corrected chi connectivity index (χ2v) is 5.32. The van der Waals surface area contributed by atoms with Crippen LogP contribution in [0.15, 0.2) is 24.3 Å². The van der Waals surface area contributed by atoms with Crippen molar-refractivity contribution < 1.29 is 13.2 Å². The van der Waals surface area contributed by atoms with Gasteiger partial charge in [0, 0.05) is 18.7 Å². The molecule has 0 aromatic heterocycles. The van der Waals surface area contributed by atoms with Crippen LogP contribution in [0.1, 0.15) is 24.0 Å². The van der Waals surface area contributed by atoms with E-state index in [1.165, 1.54) is 0 Å². The first-order valence-electron chi connectivity index (χ1n) is 7.06. The average molecular weight is 296 g/mol. The highest BCUT2D eigenvalue weighted by atomic mass is 19.4. The van der Waals surface area contributed by atoms with Crippen LogP contribution < -0.4 is 5.73 Å². The number of nitrogens with two attached hydrogens (primary N) is 1. The van der Waals surface area contributed by atoms with Gasteiger partial charge in [-0.3, -0.25) is 4.90 Å². The molecule has 5 heteroatoms. The molecule has 2 N–H and O–H groups in total. The normalized spacial score (nSPS) is 19.9. The minimum absolute atomic E-state index is 0.0855. The molecular weight excluding hydrogens is 277 g/mol. The summed E-state index contributed by atoms with van der Waals surface area (Å²) < 4.78 is 38.4. The Balaban J connectivity index is 2.01. The molecule has 0 amide bonds. The van der Waals surface area contributed by atoms with E-state index >= 15 is 0 Å². The van der Waals surface area contributed by atoms with Crippen LogP contribution in [0.4, 0.5) is 13.2 Å². The highest BCUT2D eigenvalue weighted by Gasteiger charge is 2.41. The van der Waals surface area contributed by atoms with Crippen molar-refractivity contribution in [1.82, 2.24) is 4.90 Å². The third-order valence-corrected chi connectivity index (χ3v) is 3.64. The van der Waals surface area contributed by atoms with E-state index in [0.717, 1.165) is 11.1 Å². The molecule has 1 aromatic rings. The number of hydrogen-bond acceptors (Lipinski definition) is 2. The Bertz CT molecular complexity index is 528. The summed E-state index contributed by atoms with van der Waals surface area (Å²) in [5, 5.41) is 0. The summed E-state index contributed by atoms with van der Waals surface area (Å²) in [4.78, 5) is 1.87. The molecule has 1 saturated heterocycles. The SMILES string of the molecule is NCC#Cc1cccc(CN2CCCC(C(F)(F)F)C2)c1. The maximum atomic E-state index is 12.8. The van der Waals surface area contributed by atoms with Gasteiger partial charge in [0.1, 0.15) is 0 Å². The molecule has 1 unspecified atom stereocenters. The summed E-state index contributed by atoms with van der Waals surface area (Å²) in [5.41, 5.74) is 7.17. The van der Waals surface area contributed by atoms with E-state index in [4.69, 9.17) is 5.73 Å². The van der Waals surface area contributed by atoms with E-state index < -0.39 is 12.1 Å². The zero-order valence-electron chi connectivity index (χ0n) is 11.8. The van der Waals surface area contributed by atoms with Gasteiger partial charge in [0.2, 0.25) is 0 Å². The van der Waals surface area contributed by atoms with Crippen molar-refractivity contribution in [2.75, 3.05) is 19.6 Å². The topological polar surface area (TPSA) is 29.3 Å². The van der Waals surface area contributed by atoms with Gasteiger partial charge in [-0.15, -0.1) is 0 Å².